The van der Waals surface area contributed by atoms with Crippen LogP contribution in [0.15, 0.2) is 46.7 Å². The van der Waals surface area contributed by atoms with Crippen LogP contribution in [-0.4, -0.2) is 25.0 Å². The highest BCUT2D eigenvalue weighted by Gasteiger charge is 2.22. The van der Waals surface area contributed by atoms with E-state index >= 15 is 0 Å². The summed E-state index contributed by atoms with van der Waals surface area (Å²) in [5.41, 5.74) is 2.13. The number of aryl methyl sites for hydroxylation is 1. The molecule has 0 aliphatic carbocycles. The monoisotopic (exact) mass is 369 g/mol. The Bertz CT molecular complexity index is 1100. The summed E-state index contributed by atoms with van der Waals surface area (Å²) < 4.78 is 30.3. The van der Waals surface area contributed by atoms with Crippen LogP contribution in [-0.2, 0) is 19.5 Å². The molecule has 0 saturated heterocycles. The van der Waals surface area contributed by atoms with E-state index in [1.165, 1.54) is 23.1 Å². The van der Waals surface area contributed by atoms with E-state index in [2.05, 4.69) is 15.1 Å². The summed E-state index contributed by atoms with van der Waals surface area (Å²) in [6, 6.07) is 4.06. The molecule has 8 heteroatoms. The number of hydrogen-bond donors (Lipinski definition) is 0. The van der Waals surface area contributed by atoms with Gasteiger partial charge < -0.3 is 0 Å². The third-order valence-electron chi connectivity index (χ3n) is 4.49. The molecule has 0 bridgehead atoms. The molecule has 1 aromatic carbocycles. The third kappa shape index (κ3) is 3.18. The normalized spacial score (nSPS) is 12.9. The lowest BCUT2D eigenvalue weighted by Gasteiger charge is -2.04. The lowest BCUT2D eigenvalue weighted by molar-refractivity contribution is 0.492. The molecule has 0 amide bonds. The van der Waals surface area contributed by atoms with Gasteiger partial charge in [-0.25, -0.2) is 18.8 Å². The van der Waals surface area contributed by atoms with E-state index in [9.17, 15) is 13.6 Å². The Hall–Kier alpha value is -3.16. The maximum atomic E-state index is 13.8. The van der Waals surface area contributed by atoms with Crippen LogP contribution in [0.2, 0.25) is 0 Å². The van der Waals surface area contributed by atoms with Crippen molar-refractivity contribution in [2.24, 2.45) is 4.99 Å². The van der Waals surface area contributed by atoms with Crippen molar-refractivity contribution in [1.29, 1.82) is 0 Å². The van der Waals surface area contributed by atoms with Gasteiger partial charge in [0, 0.05) is 30.3 Å². The van der Waals surface area contributed by atoms with Gasteiger partial charge in [-0.2, -0.15) is 5.10 Å². The Morgan fingerprint density at radius 1 is 1.26 bits per heavy atom. The summed E-state index contributed by atoms with van der Waals surface area (Å²) in [5, 5.41) is 4.20. The molecule has 6 nitrogen and oxygen atoms in total. The predicted octanol–water partition coefficient (Wildman–Crippen LogP) is 2.85. The number of rotatable bonds is 5. The predicted molar refractivity (Wildman–Crippen MR) is 96.4 cm³/mol. The van der Waals surface area contributed by atoms with Crippen LogP contribution >= 0.6 is 0 Å². The van der Waals surface area contributed by atoms with E-state index in [1.807, 2.05) is 6.92 Å². The molecule has 0 atom stereocenters. The smallest absolute Gasteiger partial charge is 0.259 e. The van der Waals surface area contributed by atoms with Crippen LogP contribution in [0.1, 0.15) is 30.0 Å². The standard InChI is InChI=1S/C19H17F2N5O/c1-2-6-25-11-22-18-14(19(25)27)7-16(24-18)13-8-23-26(10-13)9-12-4-3-5-15(20)17(12)21/h3-5,8,10-11H,2,6-7,9H2,1H3. The fourth-order valence-electron chi connectivity index (χ4n) is 3.12. The zero-order chi connectivity index (χ0) is 19.0. The minimum atomic E-state index is -0.884. The van der Waals surface area contributed by atoms with Crippen LogP contribution in [0.5, 0.6) is 0 Å². The van der Waals surface area contributed by atoms with Crippen molar-refractivity contribution >= 4 is 11.5 Å². The highest BCUT2D eigenvalue weighted by molar-refractivity contribution is 6.05. The van der Waals surface area contributed by atoms with Gasteiger partial charge in [0.05, 0.1) is 30.3 Å². The van der Waals surface area contributed by atoms with E-state index in [0.717, 1.165) is 18.1 Å². The van der Waals surface area contributed by atoms with Gasteiger partial charge in [0.25, 0.3) is 5.56 Å². The van der Waals surface area contributed by atoms with Crippen LogP contribution in [0.3, 0.4) is 0 Å². The number of fused-ring (bicyclic) bond motifs is 1. The maximum absolute atomic E-state index is 13.8. The second-order valence-electron chi connectivity index (χ2n) is 6.42. The van der Waals surface area contributed by atoms with Gasteiger partial charge in [0.2, 0.25) is 0 Å². The Balaban J connectivity index is 1.57. The molecule has 0 radical (unpaired) electrons. The van der Waals surface area contributed by atoms with Crippen LogP contribution in [0.4, 0.5) is 14.6 Å². The SMILES string of the molecule is CCCn1cnc2c(c1=O)CC(c1cnn(Cc3cccc(F)c3F)c1)=N2. The first kappa shape index (κ1) is 17.3. The van der Waals surface area contributed by atoms with Crippen LogP contribution in [0.25, 0.3) is 0 Å². The fourth-order valence-corrected chi connectivity index (χ4v) is 3.12. The summed E-state index contributed by atoms with van der Waals surface area (Å²) in [7, 11) is 0. The minimum absolute atomic E-state index is 0.0742. The fraction of sp³-hybridized carbons (Fsp3) is 0.263. The molecule has 1 aliphatic heterocycles. The molecule has 138 valence electrons. The molecule has 27 heavy (non-hydrogen) atoms. The van der Waals surface area contributed by atoms with E-state index < -0.39 is 11.6 Å². The molecule has 0 fully saturated rings. The average molecular weight is 369 g/mol. The molecule has 0 spiro atoms. The van der Waals surface area contributed by atoms with Gasteiger partial charge in [-0.1, -0.05) is 19.1 Å². The van der Waals surface area contributed by atoms with E-state index in [0.29, 0.717) is 30.1 Å². The Morgan fingerprint density at radius 2 is 2.11 bits per heavy atom. The first-order chi connectivity index (χ1) is 13.1. The van der Waals surface area contributed by atoms with E-state index in [4.69, 9.17) is 0 Å². The Morgan fingerprint density at radius 3 is 2.93 bits per heavy atom. The van der Waals surface area contributed by atoms with Crippen molar-refractivity contribution in [3.05, 3.63) is 75.6 Å². The molecular weight excluding hydrogens is 352 g/mol. The Labute approximate surface area is 153 Å². The second-order valence-corrected chi connectivity index (χ2v) is 6.42. The van der Waals surface area contributed by atoms with Crippen molar-refractivity contribution in [3.8, 4) is 0 Å². The number of benzene rings is 1. The molecule has 3 aromatic rings. The summed E-state index contributed by atoms with van der Waals surface area (Å²) in [6.45, 7) is 2.72. The van der Waals surface area contributed by atoms with Crippen molar-refractivity contribution in [3.63, 3.8) is 0 Å². The number of hydrogen-bond acceptors (Lipinski definition) is 4. The maximum Gasteiger partial charge on any atom is 0.259 e. The molecule has 0 saturated carbocycles. The van der Waals surface area contributed by atoms with Crippen molar-refractivity contribution in [2.75, 3.05) is 0 Å². The van der Waals surface area contributed by atoms with Crippen molar-refractivity contribution < 1.29 is 8.78 Å². The molecule has 3 heterocycles. The molecular formula is C19H17F2N5O. The summed E-state index contributed by atoms with van der Waals surface area (Å²) in [4.78, 5) is 21.2. The number of halogens is 2. The molecule has 0 N–H and O–H groups in total. The van der Waals surface area contributed by atoms with Crippen molar-refractivity contribution in [2.45, 2.75) is 32.9 Å². The van der Waals surface area contributed by atoms with Gasteiger partial charge >= 0.3 is 0 Å². The molecule has 4 rings (SSSR count). The van der Waals surface area contributed by atoms with Gasteiger partial charge in [-0.15, -0.1) is 0 Å². The lowest BCUT2D eigenvalue weighted by Crippen LogP contribution is -2.23. The first-order valence-electron chi connectivity index (χ1n) is 8.68. The van der Waals surface area contributed by atoms with Crippen LogP contribution < -0.4 is 5.56 Å². The molecule has 2 aromatic heterocycles. The highest BCUT2D eigenvalue weighted by Crippen LogP contribution is 2.23. The van der Waals surface area contributed by atoms with E-state index in [-0.39, 0.29) is 17.7 Å². The summed E-state index contributed by atoms with van der Waals surface area (Å²) in [5.74, 6) is -1.32. The average Bonchev–Trinajstić information content (AvgIpc) is 3.29. The van der Waals surface area contributed by atoms with Gasteiger partial charge in [0.1, 0.15) is 0 Å². The molecule has 1 aliphatic rings. The van der Waals surface area contributed by atoms with Gasteiger partial charge in [-0.3, -0.25) is 14.0 Å². The number of aromatic nitrogens is 4. The lowest BCUT2D eigenvalue weighted by atomic mass is 10.1. The van der Waals surface area contributed by atoms with Gasteiger partial charge in [0.15, 0.2) is 17.5 Å². The third-order valence-corrected chi connectivity index (χ3v) is 4.49. The van der Waals surface area contributed by atoms with Crippen molar-refractivity contribution in [1.82, 2.24) is 19.3 Å². The summed E-state index contributed by atoms with van der Waals surface area (Å²) >= 11 is 0. The number of aliphatic imine (C=N–C) groups is 1. The van der Waals surface area contributed by atoms with Crippen LogP contribution in [0, 0.1) is 11.6 Å². The van der Waals surface area contributed by atoms with E-state index in [1.54, 1.807) is 17.0 Å². The topological polar surface area (TPSA) is 65.1 Å². The largest absolute Gasteiger partial charge is 0.299 e. The zero-order valence-corrected chi connectivity index (χ0v) is 14.7. The highest BCUT2D eigenvalue weighted by atomic mass is 19.2. The summed E-state index contributed by atoms with van der Waals surface area (Å²) in [6.07, 6.45) is 6.06. The minimum Gasteiger partial charge on any atom is -0.299 e. The number of nitrogens with zero attached hydrogens (tertiary/aromatic N) is 5. The Kier molecular flexibility index (Phi) is 4.39. The van der Waals surface area contributed by atoms with Gasteiger partial charge in [-0.05, 0) is 12.5 Å². The zero-order valence-electron chi connectivity index (χ0n) is 14.7. The first-order valence-corrected chi connectivity index (χ1v) is 8.68. The quantitative estimate of drug-likeness (QED) is 0.695. The second kappa shape index (κ2) is 6.86. The molecule has 0 unspecified atom stereocenters.